The first-order valence-corrected chi connectivity index (χ1v) is 8.28. The second-order valence-corrected chi connectivity index (χ2v) is 7.87. The molecule has 108 valence electrons. The van der Waals surface area contributed by atoms with Crippen molar-refractivity contribution < 1.29 is 4.79 Å². The molecule has 0 saturated heterocycles. The maximum absolute atomic E-state index is 12.6. The van der Waals surface area contributed by atoms with Gasteiger partial charge in [0.05, 0.1) is 6.07 Å². The Bertz CT molecular complexity index is 484. The summed E-state index contributed by atoms with van der Waals surface area (Å²) in [5, 5.41) is 11.2. The van der Waals surface area contributed by atoms with Crippen molar-refractivity contribution in [1.82, 2.24) is 0 Å². The van der Waals surface area contributed by atoms with Crippen molar-refractivity contribution in [2.45, 2.75) is 52.4 Å². The summed E-state index contributed by atoms with van der Waals surface area (Å²) in [6.07, 6.45) is 4.12. The zero-order chi connectivity index (χ0) is 14.8. The van der Waals surface area contributed by atoms with Gasteiger partial charge >= 0.3 is 0 Å². The highest BCUT2D eigenvalue weighted by Gasteiger charge is 2.35. The molecule has 1 fully saturated rings. The molecule has 0 amide bonds. The number of nitrogens with zero attached hydrogens (tertiary/aromatic N) is 1. The Morgan fingerprint density at radius 1 is 1.35 bits per heavy atom. The predicted molar refractivity (Wildman–Crippen MR) is 82.6 cm³/mol. The van der Waals surface area contributed by atoms with Crippen LogP contribution < -0.4 is 0 Å². The van der Waals surface area contributed by atoms with Crippen LogP contribution in [0.25, 0.3) is 0 Å². The number of Topliss-reactive ketones (excluding diaryl/α,β-unsaturated/α-hetero) is 1. The van der Waals surface area contributed by atoms with Crippen LogP contribution in [-0.2, 0) is 4.79 Å². The van der Waals surface area contributed by atoms with Crippen LogP contribution in [0, 0.1) is 28.6 Å². The number of hydrogen-bond donors (Lipinski definition) is 0. The quantitative estimate of drug-likeness (QED) is 0.803. The Morgan fingerprint density at radius 2 is 2.00 bits per heavy atom. The van der Waals surface area contributed by atoms with Crippen LogP contribution in [0.5, 0.6) is 0 Å². The average molecular weight is 289 g/mol. The van der Waals surface area contributed by atoms with Crippen molar-refractivity contribution >= 4 is 17.1 Å². The highest BCUT2D eigenvalue weighted by molar-refractivity contribution is 7.10. The second-order valence-electron chi connectivity index (χ2n) is 6.89. The highest BCUT2D eigenvalue weighted by Crippen LogP contribution is 2.41. The summed E-state index contributed by atoms with van der Waals surface area (Å²) in [6, 6.07) is 6.01. The fourth-order valence-electron chi connectivity index (χ4n) is 3.20. The molecule has 1 aliphatic rings. The predicted octanol–water partition coefficient (Wildman–Crippen LogP) is 4.78. The Balaban J connectivity index is 2.00. The molecule has 0 bridgehead atoms. The summed E-state index contributed by atoms with van der Waals surface area (Å²) in [5.41, 5.74) is 0.330. The molecule has 0 N–H and O–H groups in total. The van der Waals surface area contributed by atoms with E-state index in [1.54, 1.807) is 0 Å². The van der Waals surface area contributed by atoms with E-state index in [2.05, 4.69) is 26.8 Å². The summed E-state index contributed by atoms with van der Waals surface area (Å²) < 4.78 is 0. The average Bonchev–Trinajstić information content (AvgIpc) is 2.92. The first kappa shape index (κ1) is 15.3. The summed E-state index contributed by atoms with van der Waals surface area (Å²) in [5.74, 6) is 0.377. The van der Waals surface area contributed by atoms with Crippen molar-refractivity contribution in [1.29, 1.82) is 5.26 Å². The molecule has 1 aromatic heterocycles. The molecule has 0 aromatic carbocycles. The standard InChI is InChI=1S/C17H23NOS/c1-17(2,3)13-8-6-12(7-9-13)16(19)14(11-18)15-5-4-10-20-15/h4-5,10,12-14H,6-9H2,1-3H3. The van der Waals surface area contributed by atoms with Crippen LogP contribution in [0.3, 0.4) is 0 Å². The van der Waals surface area contributed by atoms with E-state index >= 15 is 0 Å². The fourth-order valence-corrected chi connectivity index (χ4v) is 3.98. The van der Waals surface area contributed by atoms with Gasteiger partial charge in [0.25, 0.3) is 0 Å². The van der Waals surface area contributed by atoms with E-state index < -0.39 is 5.92 Å². The van der Waals surface area contributed by atoms with E-state index in [1.807, 2.05) is 17.5 Å². The zero-order valence-corrected chi connectivity index (χ0v) is 13.4. The molecule has 1 unspecified atom stereocenters. The SMILES string of the molecule is CC(C)(C)C1CCC(C(=O)C(C#N)c2cccs2)CC1. The van der Waals surface area contributed by atoms with Gasteiger partial charge in [-0.1, -0.05) is 26.8 Å². The molecule has 1 aliphatic carbocycles. The molecule has 2 nitrogen and oxygen atoms in total. The molecule has 20 heavy (non-hydrogen) atoms. The third-order valence-electron chi connectivity index (χ3n) is 4.60. The van der Waals surface area contributed by atoms with E-state index in [0.29, 0.717) is 11.3 Å². The van der Waals surface area contributed by atoms with Crippen LogP contribution in [0.15, 0.2) is 17.5 Å². The number of carbonyl (C=O) groups is 1. The van der Waals surface area contributed by atoms with Gasteiger partial charge in [-0.05, 0) is 48.5 Å². The Labute approximate surface area is 125 Å². The first-order chi connectivity index (χ1) is 9.43. The van der Waals surface area contributed by atoms with Gasteiger partial charge in [0.2, 0.25) is 0 Å². The lowest BCUT2D eigenvalue weighted by Crippen LogP contribution is -2.30. The summed E-state index contributed by atoms with van der Waals surface area (Å²) in [6.45, 7) is 6.84. The summed E-state index contributed by atoms with van der Waals surface area (Å²) in [4.78, 5) is 13.5. The normalized spacial score (nSPS) is 24.9. The van der Waals surface area contributed by atoms with Crippen LogP contribution in [0.4, 0.5) is 0 Å². The summed E-state index contributed by atoms with van der Waals surface area (Å²) in [7, 11) is 0. The third kappa shape index (κ3) is 3.30. The number of hydrogen-bond acceptors (Lipinski definition) is 3. The molecule has 0 radical (unpaired) electrons. The Morgan fingerprint density at radius 3 is 2.45 bits per heavy atom. The molecular weight excluding hydrogens is 266 g/mol. The van der Waals surface area contributed by atoms with Crippen molar-refractivity contribution in [2.24, 2.45) is 17.3 Å². The van der Waals surface area contributed by atoms with Crippen LogP contribution >= 0.6 is 11.3 Å². The van der Waals surface area contributed by atoms with Crippen molar-refractivity contribution in [2.75, 3.05) is 0 Å². The van der Waals surface area contributed by atoms with E-state index in [0.717, 1.165) is 30.6 Å². The number of carbonyl (C=O) groups excluding carboxylic acids is 1. The molecule has 1 saturated carbocycles. The lowest BCUT2D eigenvalue weighted by molar-refractivity contribution is -0.124. The van der Waals surface area contributed by atoms with Gasteiger partial charge < -0.3 is 0 Å². The van der Waals surface area contributed by atoms with Crippen LogP contribution in [0.1, 0.15) is 57.2 Å². The fraction of sp³-hybridized carbons (Fsp3) is 0.647. The minimum atomic E-state index is -0.550. The minimum Gasteiger partial charge on any atom is -0.297 e. The van der Waals surface area contributed by atoms with Gasteiger partial charge in [-0.3, -0.25) is 4.79 Å². The zero-order valence-electron chi connectivity index (χ0n) is 12.6. The highest BCUT2D eigenvalue weighted by atomic mass is 32.1. The van der Waals surface area contributed by atoms with Gasteiger partial charge in [0, 0.05) is 10.8 Å². The number of thiophene rings is 1. The van der Waals surface area contributed by atoms with Gasteiger partial charge in [-0.15, -0.1) is 11.3 Å². The third-order valence-corrected chi connectivity index (χ3v) is 5.53. The molecule has 1 aromatic rings. The van der Waals surface area contributed by atoms with Gasteiger partial charge in [-0.2, -0.15) is 5.26 Å². The van der Waals surface area contributed by atoms with E-state index in [1.165, 1.54) is 11.3 Å². The van der Waals surface area contributed by atoms with E-state index in [4.69, 9.17) is 0 Å². The lowest BCUT2D eigenvalue weighted by Gasteiger charge is -2.36. The largest absolute Gasteiger partial charge is 0.297 e. The van der Waals surface area contributed by atoms with E-state index in [9.17, 15) is 10.1 Å². The molecule has 0 spiro atoms. The molecule has 1 heterocycles. The van der Waals surface area contributed by atoms with Gasteiger partial charge in [-0.25, -0.2) is 0 Å². The molecule has 1 atom stereocenters. The lowest BCUT2D eigenvalue weighted by atomic mass is 9.68. The van der Waals surface area contributed by atoms with Gasteiger partial charge in [0.1, 0.15) is 5.92 Å². The van der Waals surface area contributed by atoms with Gasteiger partial charge in [0.15, 0.2) is 5.78 Å². The van der Waals surface area contributed by atoms with Crippen molar-refractivity contribution in [3.63, 3.8) is 0 Å². The number of nitriles is 1. The minimum absolute atomic E-state index is 0.0837. The number of ketones is 1. The maximum atomic E-state index is 12.6. The Hall–Kier alpha value is -1.14. The second kappa shape index (κ2) is 6.10. The Kier molecular flexibility index (Phi) is 4.65. The first-order valence-electron chi connectivity index (χ1n) is 7.40. The number of rotatable bonds is 3. The van der Waals surface area contributed by atoms with Crippen molar-refractivity contribution in [3.8, 4) is 6.07 Å². The van der Waals surface area contributed by atoms with Crippen LogP contribution in [0.2, 0.25) is 0 Å². The summed E-state index contributed by atoms with van der Waals surface area (Å²) >= 11 is 1.51. The smallest absolute Gasteiger partial charge is 0.158 e. The van der Waals surface area contributed by atoms with Crippen molar-refractivity contribution in [3.05, 3.63) is 22.4 Å². The monoisotopic (exact) mass is 289 g/mol. The topological polar surface area (TPSA) is 40.9 Å². The molecular formula is C17H23NOS. The van der Waals surface area contributed by atoms with Crippen LogP contribution in [-0.4, -0.2) is 5.78 Å². The molecule has 2 rings (SSSR count). The molecule has 3 heteroatoms. The van der Waals surface area contributed by atoms with E-state index in [-0.39, 0.29) is 11.7 Å². The maximum Gasteiger partial charge on any atom is 0.158 e. The molecule has 0 aliphatic heterocycles.